The number of para-hydroxylation sites is 1. The summed E-state index contributed by atoms with van der Waals surface area (Å²) in [4.78, 5) is 16.8. The van der Waals surface area contributed by atoms with Crippen molar-refractivity contribution in [2.75, 3.05) is 38.2 Å². The molecule has 3 aromatic rings. The van der Waals surface area contributed by atoms with Crippen molar-refractivity contribution in [3.05, 3.63) is 70.6 Å². The van der Waals surface area contributed by atoms with Crippen LogP contribution in [0.1, 0.15) is 5.56 Å². The van der Waals surface area contributed by atoms with Gasteiger partial charge in [-0.25, -0.2) is 4.79 Å². The molecule has 0 aliphatic carbocycles. The van der Waals surface area contributed by atoms with Gasteiger partial charge in [-0.15, -0.1) is 12.4 Å². The lowest BCUT2D eigenvalue weighted by Crippen LogP contribution is -2.46. The van der Waals surface area contributed by atoms with Gasteiger partial charge in [-0.05, 0) is 17.7 Å². The van der Waals surface area contributed by atoms with Crippen molar-refractivity contribution < 1.29 is 9.15 Å². The number of rotatable bonds is 4. The van der Waals surface area contributed by atoms with Crippen LogP contribution in [0.5, 0.6) is 5.75 Å². The third-order valence-corrected chi connectivity index (χ3v) is 4.89. The molecule has 0 bridgehead atoms. The second-order valence-corrected chi connectivity index (χ2v) is 6.55. The van der Waals surface area contributed by atoms with E-state index in [0.29, 0.717) is 5.58 Å². The highest BCUT2D eigenvalue weighted by Gasteiger charge is 2.20. The Hall–Kier alpha value is -2.50. The molecule has 2 heterocycles. The van der Waals surface area contributed by atoms with Gasteiger partial charge in [0.25, 0.3) is 0 Å². The largest absolute Gasteiger partial charge is 0.490 e. The molecule has 27 heavy (non-hydrogen) atoms. The minimum absolute atomic E-state index is 0. The highest BCUT2D eigenvalue weighted by atomic mass is 35.5. The summed E-state index contributed by atoms with van der Waals surface area (Å²) in [7, 11) is 1.48. The summed E-state index contributed by atoms with van der Waals surface area (Å²) in [6.07, 6.45) is 0. The van der Waals surface area contributed by atoms with Gasteiger partial charge in [0.2, 0.25) is 5.75 Å². The third-order valence-electron chi connectivity index (χ3n) is 4.89. The summed E-state index contributed by atoms with van der Waals surface area (Å²) in [6.45, 7) is 4.73. The number of fused-ring (bicyclic) bond motifs is 1. The van der Waals surface area contributed by atoms with Crippen LogP contribution in [0, 0.1) is 0 Å². The molecule has 0 N–H and O–H groups in total. The molecule has 1 aliphatic rings. The monoisotopic (exact) mass is 386 g/mol. The molecule has 0 radical (unpaired) electrons. The number of hydrogen-bond acceptors (Lipinski definition) is 5. The fraction of sp³-hybridized carbons (Fsp3) is 0.286. The quantitative estimate of drug-likeness (QED) is 0.642. The lowest BCUT2D eigenvalue weighted by molar-refractivity contribution is 0.250. The van der Waals surface area contributed by atoms with E-state index in [9.17, 15) is 4.79 Å². The zero-order valence-corrected chi connectivity index (χ0v) is 16.1. The maximum absolute atomic E-state index is 12.0. The number of nitrogens with zero attached hydrogens (tertiary/aromatic N) is 2. The Morgan fingerprint density at radius 3 is 2.44 bits per heavy atom. The van der Waals surface area contributed by atoms with Crippen molar-refractivity contribution >= 4 is 29.1 Å². The van der Waals surface area contributed by atoms with Gasteiger partial charge < -0.3 is 14.1 Å². The van der Waals surface area contributed by atoms with Gasteiger partial charge in [0.1, 0.15) is 0 Å². The van der Waals surface area contributed by atoms with Gasteiger partial charge in [0.15, 0.2) is 5.58 Å². The molecule has 0 saturated carbocycles. The Bertz CT molecular complexity index is 951. The highest BCUT2D eigenvalue weighted by molar-refractivity contribution is 5.89. The summed E-state index contributed by atoms with van der Waals surface area (Å²) in [5, 5.41) is 0.880. The molecule has 1 saturated heterocycles. The van der Waals surface area contributed by atoms with E-state index >= 15 is 0 Å². The van der Waals surface area contributed by atoms with E-state index in [1.54, 1.807) is 6.07 Å². The number of ether oxygens (including phenoxy) is 1. The number of piperazine rings is 1. The minimum Gasteiger partial charge on any atom is -0.490 e. The first kappa shape index (κ1) is 19.3. The smallest absolute Gasteiger partial charge is 0.379 e. The first-order valence-corrected chi connectivity index (χ1v) is 8.87. The Labute approximate surface area is 164 Å². The fourth-order valence-electron chi connectivity index (χ4n) is 3.49. The number of halogens is 1. The molecule has 2 aromatic carbocycles. The van der Waals surface area contributed by atoms with Crippen LogP contribution in [0.25, 0.3) is 11.0 Å². The van der Waals surface area contributed by atoms with Crippen molar-refractivity contribution in [3.8, 4) is 5.75 Å². The van der Waals surface area contributed by atoms with Crippen LogP contribution in [-0.2, 0) is 6.54 Å². The Balaban J connectivity index is 0.00000210. The predicted molar refractivity (Wildman–Crippen MR) is 110 cm³/mol. The van der Waals surface area contributed by atoms with Gasteiger partial charge >= 0.3 is 5.63 Å². The molecule has 1 aromatic heterocycles. The highest BCUT2D eigenvalue weighted by Crippen LogP contribution is 2.28. The average Bonchev–Trinajstić information content (AvgIpc) is 2.68. The van der Waals surface area contributed by atoms with Crippen LogP contribution in [0.15, 0.2) is 63.8 Å². The maximum atomic E-state index is 12.0. The summed E-state index contributed by atoms with van der Waals surface area (Å²) in [5.41, 5.74) is 2.51. The summed E-state index contributed by atoms with van der Waals surface area (Å²) < 4.78 is 10.6. The van der Waals surface area contributed by atoms with Crippen LogP contribution >= 0.6 is 12.4 Å². The molecule has 6 heteroatoms. The SMILES string of the molecule is COc1cc2cccc(N3CCN(Cc4ccccc4)CC3)c2oc1=O.Cl. The molecular weight excluding hydrogens is 364 g/mol. The van der Waals surface area contributed by atoms with E-state index < -0.39 is 5.63 Å². The van der Waals surface area contributed by atoms with Crippen LogP contribution in [0.4, 0.5) is 5.69 Å². The summed E-state index contributed by atoms with van der Waals surface area (Å²) in [6, 6.07) is 18.2. The van der Waals surface area contributed by atoms with E-state index in [4.69, 9.17) is 9.15 Å². The third kappa shape index (κ3) is 4.10. The van der Waals surface area contributed by atoms with Crippen LogP contribution < -0.4 is 15.3 Å². The molecule has 0 spiro atoms. The van der Waals surface area contributed by atoms with Crippen molar-refractivity contribution in [2.24, 2.45) is 0 Å². The van der Waals surface area contributed by atoms with Gasteiger partial charge in [0, 0.05) is 38.1 Å². The fourth-order valence-corrected chi connectivity index (χ4v) is 3.49. The first-order valence-electron chi connectivity index (χ1n) is 8.87. The Morgan fingerprint density at radius 2 is 1.74 bits per heavy atom. The second-order valence-electron chi connectivity index (χ2n) is 6.55. The van der Waals surface area contributed by atoms with Crippen molar-refractivity contribution in [2.45, 2.75) is 6.54 Å². The zero-order chi connectivity index (χ0) is 17.9. The van der Waals surface area contributed by atoms with E-state index in [1.807, 2.05) is 24.3 Å². The van der Waals surface area contributed by atoms with Gasteiger partial charge in [-0.2, -0.15) is 0 Å². The first-order chi connectivity index (χ1) is 12.7. The number of hydrogen-bond donors (Lipinski definition) is 0. The van der Waals surface area contributed by atoms with Crippen molar-refractivity contribution in [1.29, 1.82) is 0 Å². The zero-order valence-electron chi connectivity index (χ0n) is 15.3. The van der Waals surface area contributed by atoms with Gasteiger partial charge in [-0.1, -0.05) is 42.5 Å². The molecule has 142 valence electrons. The lowest BCUT2D eigenvalue weighted by Gasteiger charge is -2.36. The topological polar surface area (TPSA) is 45.9 Å². The van der Waals surface area contributed by atoms with E-state index in [1.165, 1.54) is 12.7 Å². The standard InChI is InChI=1S/C21H22N2O3.ClH/c1-25-19-14-17-8-5-9-18(20(17)26-21(19)24)23-12-10-22(11-13-23)15-16-6-3-2-4-7-16;/h2-9,14H,10-13,15H2,1H3;1H. The minimum atomic E-state index is -0.435. The van der Waals surface area contributed by atoms with Gasteiger partial charge in [0.05, 0.1) is 12.8 Å². The van der Waals surface area contributed by atoms with Crippen LogP contribution in [0.2, 0.25) is 0 Å². The molecule has 1 aliphatic heterocycles. The second kappa shape index (κ2) is 8.46. The Morgan fingerprint density at radius 1 is 1.00 bits per heavy atom. The summed E-state index contributed by atoms with van der Waals surface area (Å²) >= 11 is 0. The summed E-state index contributed by atoms with van der Waals surface area (Å²) in [5.74, 6) is 0.238. The molecule has 0 atom stereocenters. The molecule has 5 nitrogen and oxygen atoms in total. The molecule has 4 rings (SSSR count). The molecule has 0 amide bonds. The van der Waals surface area contributed by atoms with E-state index in [2.05, 4.69) is 34.1 Å². The molecule has 1 fully saturated rings. The van der Waals surface area contributed by atoms with Crippen LogP contribution in [-0.4, -0.2) is 38.2 Å². The molecular formula is C21H23ClN2O3. The van der Waals surface area contributed by atoms with Crippen LogP contribution in [0.3, 0.4) is 0 Å². The van der Waals surface area contributed by atoms with Crippen molar-refractivity contribution in [1.82, 2.24) is 4.90 Å². The number of anilines is 1. The van der Waals surface area contributed by atoms with Crippen molar-refractivity contribution in [3.63, 3.8) is 0 Å². The van der Waals surface area contributed by atoms with E-state index in [0.717, 1.165) is 43.8 Å². The lowest BCUT2D eigenvalue weighted by atomic mass is 10.1. The predicted octanol–water partition coefficient (Wildman–Crippen LogP) is 3.55. The van der Waals surface area contributed by atoms with Gasteiger partial charge in [-0.3, -0.25) is 4.90 Å². The number of benzene rings is 2. The normalized spacial score (nSPS) is 14.8. The molecule has 0 unspecified atom stereocenters. The number of methoxy groups -OCH3 is 1. The Kier molecular flexibility index (Phi) is 6.04. The average molecular weight is 387 g/mol. The van der Waals surface area contributed by atoms with E-state index in [-0.39, 0.29) is 18.2 Å². The maximum Gasteiger partial charge on any atom is 0.379 e.